The van der Waals surface area contributed by atoms with Crippen molar-refractivity contribution in [1.82, 2.24) is 5.32 Å². The molecule has 0 radical (unpaired) electrons. The third kappa shape index (κ3) is 5.62. The fourth-order valence-corrected chi connectivity index (χ4v) is 2.87. The van der Waals surface area contributed by atoms with Crippen molar-refractivity contribution in [3.63, 3.8) is 0 Å². The monoisotopic (exact) mass is 392 g/mol. The van der Waals surface area contributed by atoms with Crippen LogP contribution in [0.3, 0.4) is 0 Å². The van der Waals surface area contributed by atoms with Gasteiger partial charge in [-0.3, -0.25) is 9.10 Å². The number of hydrogen-bond acceptors (Lipinski definition) is 5. The van der Waals surface area contributed by atoms with Gasteiger partial charge in [-0.05, 0) is 43.3 Å². The summed E-state index contributed by atoms with van der Waals surface area (Å²) in [6, 6.07) is 13.4. The number of carbonyl (C=O) groups excluding carboxylic acids is 1. The van der Waals surface area contributed by atoms with Gasteiger partial charge in [-0.1, -0.05) is 12.1 Å². The third-order valence-corrected chi connectivity index (χ3v) is 5.11. The summed E-state index contributed by atoms with van der Waals surface area (Å²) < 4.78 is 35.4. The lowest BCUT2D eigenvalue weighted by molar-refractivity contribution is 0.0927. The summed E-state index contributed by atoms with van der Waals surface area (Å²) >= 11 is 0. The van der Waals surface area contributed by atoms with Crippen molar-refractivity contribution in [1.29, 1.82) is 0 Å². The molecule has 2 aromatic carbocycles. The minimum atomic E-state index is -3.47. The van der Waals surface area contributed by atoms with E-state index in [0.29, 0.717) is 11.4 Å². The second kappa shape index (κ2) is 8.77. The predicted octanol–water partition coefficient (Wildman–Crippen LogP) is 2.29. The van der Waals surface area contributed by atoms with Crippen LogP contribution in [0.25, 0.3) is 0 Å². The number of anilines is 1. The SMILES string of the molecule is COc1ccc(OC[C@H](C)NC(=O)c2ccccc2N(C)S(C)(=O)=O)cc1. The molecule has 2 rings (SSSR count). The van der Waals surface area contributed by atoms with Crippen molar-refractivity contribution in [2.24, 2.45) is 0 Å². The number of para-hydroxylation sites is 1. The fourth-order valence-electron chi connectivity index (χ4n) is 2.36. The van der Waals surface area contributed by atoms with Gasteiger partial charge in [0.25, 0.3) is 5.91 Å². The zero-order valence-electron chi connectivity index (χ0n) is 15.8. The van der Waals surface area contributed by atoms with Gasteiger partial charge in [0.1, 0.15) is 18.1 Å². The van der Waals surface area contributed by atoms with Gasteiger partial charge in [0.2, 0.25) is 10.0 Å². The van der Waals surface area contributed by atoms with Crippen LogP contribution in [0, 0.1) is 0 Å². The average molecular weight is 392 g/mol. The molecule has 0 heterocycles. The Morgan fingerprint density at radius 2 is 1.70 bits per heavy atom. The van der Waals surface area contributed by atoms with Crippen LogP contribution in [0.5, 0.6) is 11.5 Å². The van der Waals surface area contributed by atoms with Gasteiger partial charge in [-0.15, -0.1) is 0 Å². The number of nitrogens with one attached hydrogen (secondary N) is 1. The van der Waals surface area contributed by atoms with Gasteiger partial charge < -0.3 is 14.8 Å². The first-order valence-electron chi connectivity index (χ1n) is 8.33. The van der Waals surface area contributed by atoms with E-state index in [1.807, 2.05) is 6.92 Å². The lowest BCUT2D eigenvalue weighted by Gasteiger charge is -2.21. The van der Waals surface area contributed by atoms with Crippen molar-refractivity contribution in [3.8, 4) is 11.5 Å². The van der Waals surface area contributed by atoms with Crippen LogP contribution in [-0.2, 0) is 10.0 Å². The summed E-state index contributed by atoms with van der Waals surface area (Å²) in [4.78, 5) is 12.6. The summed E-state index contributed by atoms with van der Waals surface area (Å²) in [7, 11) is -0.470. The van der Waals surface area contributed by atoms with Crippen molar-refractivity contribution in [3.05, 3.63) is 54.1 Å². The van der Waals surface area contributed by atoms with Crippen LogP contribution in [0.15, 0.2) is 48.5 Å². The lowest BCUT2D eigenvalue weighted by Crippen LogP contribution is -2.38. The highest BCUT2D eigenvalue weighted by Crippen LogP contribution is 2.21. The fraction of sp³-hybridized carbons (Fsp3) is 0.316. The molecule has 146 valence electrons. The molecule has 0 spiro atoms. The smallest absolute Gasteiger partial charge is 0.253 e. The number of amides is 1. The summed E-state index contributed by atoms with van der Waals surface area (Å²) in [5.41, 5.74) is 0.600. The molecule has 1 atom stereocenters. The standard InChI is InChI=1S/C19H24N2O5S/c1-14(13-26-16-11-9-15(25-3)10-12-16)20-19(22)17-7-5-6-8-18(17)21(2)27(4,23)24/h5-12,14H,13H2,1-4H3,(H,20,22)/t14-/m0/s1. The maximum absolute atomic E-state index is 12.6. The minimum Gasteiger partial charge on any atom is -0.497 e. The number of carbonyl (C=O) groups is 1. The molecule has 0 aliphatic rings. The van der Waals surface area contributed by atoms with Gasteiger partial charge >= 0.3 is 0 Å². The zero-order chi connectivity index (χ0) is 20.0. The maximum Gasteiger partial charge on any atom is 0.253 e. The molecule has 0 unspecified atom stereocenters. The number of hydrogen-bond donors (Lipinski definition) is 1. The van der Waals surface area contributed by atoms with Gasteiger partial charge in [0.15, 0.2) is 0 Å². The topological polar surface area (TPSA) is 84.9 Å². The molecule has 0 bridgehead atoms. The molecular formula is C19H24N2O5S. The van der Waals surface area contributed by atoms with Crippen LogP contribution in [0.1, 0.15) is 17.3 Å². The molecule has 0 aliphatic carbocycles. The van der Waals surface area contributed by atoms with Crippen LogP contribution < -0.4 is 19.1 Å². The summed E-state index contributed by atoms with van der Waals surface area (Å²) in [5.74, 6) is 1.02. The van der Waals surface area contributed by atoms with Gasteiger partial charge in [0.05, 0.1) is 30.7 Å². The number of ether oxygens (including phenoxy) is 2. The van der Waals surface area contributed by atoms with Crippen LogP contribution in [0.2, 0.25) is 0 Å². The van der Waals surface area contributed by atoms with E-state index in [0.717, 1.165) is 16.3 Å². The molecule has 0 aromatic heterocycles. The first kappa shape index (κ1) is 20.6. The molecule has 27 heavy (non-hydrogen) atoms. The lowest BCUT2D eigenvalue weighted by atomic mass is 10.1. The molecule has 0 saturated carbocycles. The van der Waals surface area contributed by atoms with E-state index < -0.39 is 10.0 Å². The van der Waals surface area contributed by atoms with E-state index in [4.69, 9.17) is 9.47 Å². The van der Waals surface area contributed by atoms with Crippen molar-refractivity contribution >= 4 is 21.6 Å². The molecule has 7 nitrogen and oxygen atoms in total. The van der Waals surface area contributed by atoms with Crippen LogP contribution in [-0.4, -0.2) is 47.4 Å². The number of benzene rings is 2. The Balaban J connectivity index is 2.02. The van der Waals surface area contributed by atoms with Gasteiger partial charge in [0, 0.05) is 7.05 Å². The molecule has 2 aromatic rings. The Hall–Kier alpha value is -2.74. The number of nitrogens with zero attached hydrogens (tertiary/aromatic N) is 1. The minimum absolute atomic E-state index is 0.266. The molecule has 1 N–H and O–H groups in total. The van der Waals surface area contributed by atoms with E-state index in [-0.39, 0.29) is 24.1 Å². The molecule has 8 heteroatoms. The average Bonchev–Trinajstić information content (AvgIpc) is 2.65. The van der Waals surface area contributed by atoms with Gasteiger partial charge in [-0.2, -0.15) is 0 Å². The van der Waals surface area contributed by atoms with E-state index in [2.05, 4.69) is 5.32 Å². The van der Waals surface area contributed by atoms with E-state index in [1.165, 1.54) is 7.05 Å². The first-order valence-corrected chi connectivity index (χ1v) is 10.2. The zero-order valence-corrected chi connectivity index (χ0v) is 16.6. The Kier molecular flexibility index (Phi) is 6.68. The molecular weight excluding hydrogens is 368 g/mol. The van der Waals surface area contributed by atoms with E-state index in [9.17, 15) is 13.2 Å². The van der Waals surface area contributed by atoms with E-state index in [1.54, 1.807) is 55.6 Å². The number of rotatable bonds is 8. The largest absolute Gasteiger partial charge is 0.497 e. The Morgan fingerprint density at radius 3 is 2.30 bits per heavy atom. The van der Waals surface area contributed by atoms with Gasteiger partial charge in [-0.25, -0.2) is 8.42 Å². The maximum atomic E-state index is 12.6. The molecule has 0 fully saturated rings. The van der Waals surface area contributed by atoms with Crippen LogP contribution in [0.4, 0.5) is 5.69 Å². The Morgan fingerprint density at radius 1 is 1.11 bits per heavy atom. The highest BCUT2D eigenvalue weighted by atomic mass is 32.2. The summed E-state index contributed by atoms with van der Waals surface area (Å²) in [6.07, 6.45) is 1.09. The Labute approximate surface area is 160 Å². The third-order valence-electron chi connectivity index (χ3n) is 3.92. The molecule has 1 amide bonds. The first-order chi connectivity index (χ1) is 12.7. The predicted molar refractivity (Wildman–Crippen MR) is 105 cm³/mol. The normalized spacial score (nSPS) is 12.1. The summed E-state index contributed by atoms with van der Waals surface area (Å²) in [6.45, 7) is 2.08. The van der Waals surface area contributed by atoms with Crippen molar-refractivity contribution in [2.75, 3.05) is 31.3 Å². The van der Waals surface area contributed by atoms with Crippen molar-refractivity contribution in [2.45, 2.75) is 13.0 Å². The second-order valence-electron chi connectivity index (χ2n) is 6.11. The van der Waals surface area contributed by atoms with E-state index >= 15 is 0 Å². The molecule has 0 saturated heterocycles. The summed E-state index contributed by atoms with van der Waals surface area (Å²) in [5, 5.41) is 2.83. The van der Waals surface area contributed by atoms with Crippen molar-refractivity contribution < 1.29 is 22.7 Å². The second-order valence-corrected chi connectivity index (χ2v) is 8.12. The molecule has 0 aliphatic heterocycles. The number of methoxy groups -OCH3 is 1. The Bertz CT molecular complexity index is 881. The van der Waals surface area contributed by atoms with Crippen LogP contribution >= 0.6 is 0 Å². The quantitative estimate of drug-likeness (QED) is 0.745. The highest BCUT2D eigenvalue weighted by Gasteiger charge is 2.20. The highest BCUT2D eigenvalue weighted by molar-refractivity contribution is 7.92. The number of sulfonamides is 1.